The topological polar surface area (TPSA) is 44.2 Å². The van der Waals surface area contributed by atoms with Crippen LogP contribution < -0.4 is 9.47 Å². The second-order valence-electron chi connectivity index (χ2n) is 2.62. The van der Waals surface area contributed by atoms with E-state index in [0.717, 1.165) is 18.7 Å². The minimum atomic E-state index is 0.551. The molecule has 0 amide bonds. The maximum atomic E-state index is 5.01. The highest BCUT2D eigenvalue weighted by atomic mass is 16.5. The van der Waals surface area contributed by atoms with Gasteiger partial charge >= 0.3 is 0 Å². The molecule has 4 heteroatoms. The monoisotopic (exact) mass is 182 g/mol. The molecule has 0 atom stereocenters. The molecule has 0 aliphatic heterocycles. The molecule has 0 radical (unpaired) electrons. The third-order valence-electron chi connectivity index (χ3n) is 1.62. The molecular formula is C9H14N2O2. The molecule has 0 N–H and O–H groups in total. The SMILES string of the molecule is CCCc1nc(OC)cc(OC)n1. The Bertz CT molecular complexity index is 254. The van der Waals surface area contributed by atoms with Crippen LogP contribution in [0.4, 0.5) is 0 Å². The summed E-state index contributed by atoms with van der Waals surface area (Å²) >= 11 is 0. The van der Waals surface area contributed by atoms with Gasteiger partial charge in [0.15, 0.2) is 0 Å². The fourth-order valence-corrected chi connectivity index (χ4v) is 0.994. The Morgan fingerprint density at radius 2 is 1.69 bits per heavy atom. The zero-order valence-corrected chi connectivity index (χ0v) is 8.20. The number of ether oxygens (including phenoxy) is 2. The van der Waals surface area contributed by atoms with Crippen molar-refractivity contribution < 1.29 is 9.47 Å². The van der Waals surface area contributed by atoms with Gasteiger partial charge in [-0.3, -0.25) is 0 Å². The van der Waals surface area contributed by atoms with Crippen molar-refractivity contribution in [3.63, 3.8) is 0 Å². The van der Waals surface area contributed by atoms with Gasteiger partial charge in [0.05, 0.1) is 20.3 Å². The molecule has 72 valence electrons. The van der Waals surface area contributed by atoms with Gasteiger partial charge < -0.3 is 9.47 Å². The zero-order chi connectivity index (χ0) is 9.68. The van der Waals surface area contributed by atoms with Gasteiger partial charge in [0.2, 0.25) is 11.8 Å². The van der Waals surface area contributed by atoms with Gasteiger partial charge in [-0.1, -0.05) is 6.92 Å². The summed E-state index contributed by atoms with van der Waals surface area (Å²) in [4.78, 5) is 8.35. The van der Waals surface area contributed by atoms with Crippen LogP contribution in [0.1, 0.15) is 19.2 Å². The first-order chi connectivity index (χ1) is 6.30. The van der Waals surface area contributed by atoms with E-state index < -0.39 is 0 Å². The van der Waals surface area contributed by atoms with Crippen LogP contribution in [-0.2, 0) is 6.42 Å². The lowest BCUT2D eigenvalue weighted by atomic mass is 10.3. The molecule has 0 fully saturated rings. The van der Waals surface area contributed by atoms with Crippen molar-refractivity contribution in [1.82, 2.24) is 9.97 Å². The quantitative estimate of drug-likeness (QED) is 0.706. The first-order valence-corrected chi connectivity index (χ1v) is 4.26. The summed E-state index contributed by atoms with van der Waals surface area (Å²) in [5.74, 6) is 1.87. The second kappa shape index (κ2) is 4.64. The summed E-state index contributed by atoms with van der Waals surface area (Å²) in [5.41, 5.74) is 0. The Morgan fingerprint density at radius 1 is 1.15 bits per heavy atom. The molecular weight excluding hydrogens is 168 g/mol. The molecule has 0 unspecified atom stereocenters. The third kappa shape index (κ3) is 2.57. The van der Waals surface area contributed by atoms with Crippen LogP contribution in [0.25, 0.3) is 0 Å². The molecule has 1 rings (SSSR count). The minimum absolute atomic E-state index is 0.551. The van der Waals surface area contributed by atoms with Crippen LogP contribution in [0, 0.1) is 0 Å². The van der Waals surface area contributed by atoms with E-state index >= 15 is 0 Å². The predicted molar refractivity (Wildman–Crippen MR) is 49.1 cm³/mol. The number of aryl methyl sites for hydroxylation is 1. The summed E-state index contributed by atoms with van der Waals surface area (Å²) < 4.78 is 10.0. The molecule has 0 aromatic carbocycles. The van der Waals surface area contributed by atoms with E-state index in [9.17, 15) is 0 Å². The van der Waals surface area contributed by atoms with Gasteiger partial charge in [0.1, 0.15) is 5.82 Å². The van der Waals surface area contributed by atoms with Crippen LogP contribution in [0.2, 0.25) is 0 Å². The molecule has 1 heterocycles. The van der Waals surface area contributed by atoms with Crippen molar-refractivity contribution in [1.29, 1.82) is 0 Å². The molecule has 0 aliphatic rings. The molecule has 0 bridgehead atoms. The van der Waals surface area contributed by atoms with E-state index in [1.54, 1.807) is 20.3 Å². The normalized spacial score (nSPS) is 9.77. The van der Waals surface area contributed by atoms with E-state index in [0.29, 0.717) is 11.8 Å². The number of hydrogen-bond acceptors (Lipinski definition) is 4. The van der Waals surface area contributed by atoms with Gasteiger partial charge in [0, 0.05) is 6.42 Å². The van der Waals surface area contributed by atoms with E-state index in [1.165, 1.54) is 0 Å². The number of hydrogen-bond donors (Lipinski definition) is 0. The average Bonchev–Trinajstić information content (AvgIpc) is 2.17. The number of methoxy groups -OCH3 is 2. The Labute approximate surface area is 77.9 Å². The highest BCUT2D eigenvalue weighted by Crippen LogP contribution is 2.15. The van der Waals surface area contributed by atoms with Gasteiger partial charge in [0.25, 0.3) is 0 Å². The summed E-state index contributed by atoms with van der Waals surface area (Å²) in [6, 6.07) is 1.67. The largest absolute Gasteiger partial charge is 0.481 e. The van der Waals surface area contributed by atoms with Crippen molar-refractivity contribution >= 4 is 0 Å². The maximum absolute atomic E-state index is 5.01. The molecule has 0 aliphatic carbocycles. The van der Waals surface area contributed by atoms with Crippen LogP contribution in [-0.4, -0.2) is 24.2 Å². The van der Waals surface area contributed by atoms with Crippen LogP contribution in [0.5, 0.6) is 11.8 Å². The summed E-state index contributed by atoms with van der Waals surface area (Å²) in [6.07, 6.45) is 1.85. The summed E-state index contributed by atoms with van der Waals surface area (Å²) in [5, 5.41) is 0. The van der Waals surface area contributed by atoms with Crippen LogP contribution in [0.3, 0.4) is 0 Å². The van der Waals surface area contributed by atoms with Crippen molar-refractivity contribution in [3.05, 3.63) is 11.9 Å². The molecule has 0 saturated heterocycles. The summed E-state index contributed by atoms with van der Waals surface area (Å²) in [6.45, 7) is 2.08. The van der Waals surface area contributed by atoms with Gasteiger partial charge in [-0.15, -0.1) is 0 Å². The zero-order valence-electron chi connectivity index (χ0n) is 8.20. The number of aromatic nitrogens is 2. The van der Waals surface area contributed by atoms with Gasteiger partial charge in [-0.2, -0.15) is 9.97 Å². The number of nitrogens with zero attached hydrogens (tertiary/aromatic N) is 2. The summed E-state index contributed by atoms with van der Waals surface area (Å²) in [7, 11) is 3.16. The molecule has 4 nitrogen and oxygen atoms in total. The van der Waals surface area contributed by atoms with Crippen molar-refractivity contribution in [2.75, 3.05) is 14.2 Å². The van der Waals surface area contributed by atoms with E-state index in [2.05, 4.69) is 16.9 Å². The lowest BCUT2D eigenvalue weighted by Crippen LogP contribution is -1.99. The Hall–Kier alpha value is -1.32. The fourth-order valence-electron chi connectivity index (χ4n) is 0.994. The van der Waals surface area contributed by atoms with Crippen LogP contribution >= 0.6 is 0 Å². The number of rotatable bonds is 4. The first-order valence-electron chi connectivity index (χ1n) is 4.26. The minimum Gasteiger partial charge on any atom is -0.481 e. The maximum Gasteiger partial charge on any atom is 0.220 e. The van der Waals surface area contributed by atoms with E-state index in [-0.39, 0.29) is 0 Å². The Morgan fingerprint density at radius 3 is 2.08 bits per heavy atom. The Balaban J connectivity index is 2.93. The standard InChI is InChI=1S/C9H14N2O2/c1-4-5-7-10-8(12-2)6-9(11-7)13-3/h6H,4-5H2,1-3H3. The smallest absolute Gasteiger partial charge is 0.220 e. The van der Waals surface area contributed by atoms with E-state index in [1.807, 2.05) is 0 Å². The molecule has 0 saturated carbocycles. The van der Waals surface area contributed by atoms with Crippen molar-refractivity contribution in [2.24, 2.45) is 0 Å². The van der Waals surface area contributed by atoms with E-state index in [4.69, 9.17) is 9.47 Å². The average molecular weight is 182 g/mol. The predicted octanol–water partition coefficient (Wildman–Crippen LogP) is 1.45. The molecule has 0 spiro atoms. The van der Waals surface area contributed by atoms with Crippen molar-refractivity contribution in [3.8, 4) is 11.8 Å². The lowest BCUT2D eigenvalue weighted by molar-refractivity contribution is 0.368. The van der Waals surface area contributed by atoms with Gasteiger partial charge in [-0.05, 0) is 6.42 Å². The highest BCUT2D eigenvalue weighted by molar-refractivity contribution is 5.20. The van der Waals surface area contributed by atoms with Gasteiger partial charge in [-0.25, -0.2) is 0 Å². The van der Waals surface area contributed by atoms with Crippen molar-refractivity contribution in [2.45, 2.75) is 19.8 Å². The molecule has 1 aromatic heterocycles. The Kier molecular flexibility index (Phi) is 3.49. The second-order valence-corrected chi connectivity index (χ2v) is 2.62. The first kappa shape index (κ1) is 9.77. The van der Waals surface area contributed by atoms with Crippen LogP contribution in [0.15, 0.2) is 6.07 Å². The highest BCUT2D eigenvalue weighted by Gasteiger charge is 2.03. The molecule has 13 heavy (non-hydrogen) atoms. The fraction of sp³-hybridized carbons (Fsp3) is 0.556. The lowest BCUT2D eigenvalue weighted by Gasteiger charge is -2.04. The third-order valence-corrected chi connectivity index (χ3v) is 1.62. The molecule has 1 aromatic rings.